The first-order valence-corrected chi connectivity index (χ1v) is 6.31. The van der Waals surface area contributed by atoms with E-state index in [2.05, 4.69) is 0 Å². The van der Waals surface area contributed by atoms with Crippen LogP contribution in [0.1, 0.15) is 49.4 Å². The van der Waals surface area contributed by atoms with Crippen LogP contribution in [-0.2, 0) is 4.74 Å². The van der Waals surface area contributed by atoms with E-state index in [4.69, 9.17) is 4.74 Å². The predicted molar refractivity (Wildman–Crippen MR) is 66.7 cm³/mol. The van der Waals surface area contributed by atoms with E-state index in [1.807, 2.05) is 6.92 Å². The van der Waals surface area contributed by atoms with E-state index in [1.165, 1.54) is 18.2 Å². The van der Waals surface area contributed by atoms with E-state index < -0.39 is 5.97 Å². The zero-order valence-corrected chi connectivity index (χ0v) is 10.5. The van der Waals surface area contributed by atoms with Gasteiger partial charge in [0.25, 0.3) is 0 Å². The minimum Gasteiger partial charge on any atom is -0.508 e. The van der Waals surface area contributed by atoms with Crippen LogP contribution in [0.2, 0.25) is 0 Å². The number of ether oxygens (including phenoxy) is 1. The summed E-state index contributed by atoms with van der Waals surface area (Å²) in [5.74, 6) is -0.761. The van der Waals surface area contributed by atoms with Crippen LogP contribution < -0.4 is 0 Å². The first-order valence-electron chi connectivity index (χ1n) is 6.31. The van der Waals surface area contributed by atoms with Crippen molar-refractivity contribution < 1.29 is 19.7 Å². The molecule has 0 radical (unpaired) electrons. The number of carbonyl (C=O) groups is 1. The second kappa shape index (κ2) is 4.88. The standard InChI is InChI=1S/C14H18O4/c1-2-14(5-3-4-6-14)18-13(17)10-7-11(15)9-12(16)8-10/h7-9,15-16H,2-6H2,1H3. The molecule has 4 nitrogen and oxygen atoms in total. The fraction of sp³-hybridized carbons (Fsp3) is 0.500. The van der Waals surface area contributed by atoms with E-state index >= 15 is 0 Å². The molecular weight excluding hydrogens is 232 g/mol. The van der Waals surface area contributed by atoms with Crippen molar-refractivity contribution in [3.05, 3.63) is 23.8 Å². The van der Waals surface area contributed by atoms with Gasteiger partial charge in [-0.15, -0.1) is 0 Å². The minimum absolute atomic E-state index is 0.140. The maximum absolute atomic E-state index is 12.0. The van der Waals surface area contributed by atoms with Gasteiger partial charge in [-0.05, 0) is 44.2 Å². The Morgan fingerprint density at radius 1 is 1.22 bits per heavy atom. The van der Waals surface area contributed by atoms with Crippen LogP contribution in [0.25, 0.3) is 0 Å². The summed E-state index contributed by atoms with van der Waals surface area (Å²) in [5.41, 5.74) is -0.176. The molecule has 1 aromatic rings. The van der Waals surface area contributed by atoms with Crippen LogP contribution in [0.15, 0.2) is 18.2 Å². The van der Waals surface area contributed by atoms with E-state index in [1.54, 1.807) is 0 Å². The molecule has 1 fully saturated rings. The van der Waals surface area contributed by atoms with Crippen molar-refractivity contribution in [3.63, 3.8) is 0 Å². The summed E-state index contributed by atoms with van der Waals surface area (Å²) in [6.45, 7) is 2.01. The van der Waals surface area contributed by atoms with Crippen LogP contribution in [0.3, 0.4) is 0 Å². The third-order valence-corrected chi connectivity index (χ3v) is 3.61. The quantitative estimate of drug-likeness (QED) is 0.809. The summed E-state index contributed by atoms with van der Waals surface area (Å²) < 4.78 is 5.58. The summed E-state index contributed by atoms with van der Waals surface area (Å²) in [5, 5.41) is 18.7. The molecule has 4 heteroatoms. The molecule has 2 rings (SSSR count). The van der Waals surface area contributed by atoms with Crippen LogP contribution in [-0.4, -0.2) is 21.8 Å². The highest BCUT2D eigenvalue weighted by Crippen LogP contribution is 2.37. The minimum atomic E-state index is -0.482. The highest BCUT2D eigenvalue weighted by Gasteiger charge is 2.36. The molecule has 98 valence electrons. The Morgan fingerprint density at radius 2 is 1.78 bits per heavy atom. The fourth-order valence-corrected chi connectivity index (χ4v) is 2.52. The van der Waals surface area contributed by atoms with Crippen LogP contribution in [0.4, 0.5) is 0 Å². The van der Waals surface area contributed by atoms with Crippen LogP contribution in [0.5, 0.6) is 11.5 Å². The molecule has 1 saturated carbocycles. The van der Waals surface area contributed by atoms with Crippen molar-refractivity contribution in [1.82, 2.24) is 0 Å². The lowest BCUT2D eigenvalue weighted by atomic mass is 9.98. The Labute approximate surface area is 106 Å². The van der Waals surface area contributed by atoms with Gasteiger partial charge in [-0.1, -0.05) is 6.92 Å². The van der Waals surface area contributed by atoms with Gasteiger partial charge in [-0.25, -0.2) is 4.79 Å². The van der Waals surface area contributed by atoms with Gasteiger partial charge in [0.15, 0.2) is 0 Å². The van der Waals surface area contributed by atoms with E-state index in [-0.39, 0.29) is 22.7 Å². The molecule has 2 N–H and O–H groups in total. The molecular formula is C14H18O4. The Kier molecular flexibility index (Phi) is 3.45. The van der Waals surface area contributed by atoms with Gasteiger partial charge in [0, 0.05) is 6.07 Å². The average molecular weight is 250 g/mol. The third kappa shape index (κ3) is 2.58. The fourth-order valence-electron chi connectivity index (χ4n) is 2.52. The second-order valence-corrected chi connectivity index (χ2v) is 4.87. The topological polar surface area (TPSA) is 66.8 Å². The van der Waals surface area contributed by atoms with Crippen molar-refractivity contribution in [2.45, 2.75) is 44.6 Å². The van der Waals surface area contributed by atoms with Crippen molar-refractivity contribution in [2.24, 2.45) is 0 Å². The largest absolute Gasteiger partial charge is 0.508 e. The molecule has 18 heavy (non-hydrogen) atoms. The molecule has 0 bridgehead atoms. The van der Waals surface area contributed by atoms with Gasteiger partial charge in [0.1, 0.15) is 17.1 Å². The Hall–Kier alpha value is -1.71. The highest BCUT2D eigenvalue weighted by atomic mass is 16.6. The van der Waals surface area contributed by atoms with Gasteiger partial charge >= 0.3 is 5.97 Å². The first-order chi connectivity index (χ1) is 8.54. The number of phenols is 2. The predicted octanol–water partition coefficient (Wildman–Crippen LogP) is 2.98. The molecule has 0 spiro atoms. The number of hydrogen-bond acceptors (Lipinski definition) is 4. The number of esters is 1. The Balaban J connectivity index is 2.16. The Morgan fingerprint density at radius 3 is 2.28 bits per heavy atom. The van der Waals surface area contributed by atoms with Gasteiger partial charge in [0.2, 0.25) is 0 Å². The smallest absolute Gasteiger partial charge is 0.338 e. The zero-order chi connectivity index (χ0) is 13.2. The molecule has 1 aromatic carbocycles. The average Bonchev–Trinajstić information content (AvgIpc) is 2.77. The maximum Gasteiger partial charge on any atom is 0.338 e. The zero-order valence-electron chi connectivity index (χ0n) is 10.5. The number of carbonyl (C=O) groups excluding carboxylic acids is 1. The third-order valence-electron chi connectivity index (χ3n) is 3.61. The molecule has 0 atom stereocenters. The lowest BCUT2D eigenvalue weighted by Gasteiger charge is -2.27. The molecule has 1 aliphatic rings. The Bertz CT molecular complexity index is 427. The molecule has 0 amide bonds. The van der Waals surface area contributed by atoms with Crippen LogP contribution in [0, 0.1) is 0 Å². The molecule has 0 saturated heterocycles. The monoisotopic (exact) mass is 250 g/mol. The molecule has 0 aromatic heterocycles. The SMILES string of the molecule is CCC1(OC(=O)c2cc(O)cc(O)c2)CCCC1. The summed E-state index contributed by atoms with van der Waals surface area (Å²) in [6.07, 6.45) is 4.72. The number of rotatable bonds is 3. The van der Waals surface area contributed by atoms with E-state index in [9.17, 15) is 15.0 Å². The lowest BCUT2D eigenvalue weighted by molar-refractivity contribution is -0.0172. The second-order valence-electron chi connectivity index (χ2n) is 4.87. The molecule has 0 aliphatic heterocycles. The molecule has 0 heterocycles. The molecule has 1 aliphatic carbocycles. The summed E-state index contributed by atoms with van der Waals surface area (Å²) in [7, 11) is 0. The normalized spacial score (nSPS) is 17.6. The maximum atomic E-state index is 12.0. The van der Waals surface area contributed by atoms with Gasteiger partial charge in [0.05, 0.1) is 5.56 Å². The van der Waals surface area contributed by atoms with Gasteiger partial charge < -0.3 is 14.9 Å². The number of hydrogen-bond donors (Lipinski definition) is 2. The van der Waals surface area contributed by atoms with Gasteiger partial charge in [-0.3, -0.25) is 0 Å². The summed E-state index contributed by atoms with van der Waals surface area (Å²) in [6, 6.07) is 3.79. The lowest BCUT2D eigenvalue weighted by Crippen LogP contribution is -2.31. The van der Waals surface area contributed by atoms with Crippen molar-refractivity contribution in [2.75, 3.05) is 0 Å². The summed E-state index contributed by atoms with van der Waals surface area (Å²) in [4.78, 5) is 12.0. The van der Waals surface area contributed by atoms with Crippen molar-refractivity contribution in [1.29, 1.82) is 0 Å². The molecule has 0 unspecified atom stereocenters. The van der Waals surface area contributed by atoms with Crippen LogP contribution >= 0.6 is 0 Å². The van der Waals surface area contributed by atoms with E-state index in [0.717, 1.165) is 32.1 Å². The first kappa shape index (κ1) is 12.7. The number of phenolic OH excluding ortho intramolecular Hbond substituents is 2. The van der Waals surface area contributed by atoms with Crippen molar-refractivity contribution >= 4 is 5.97 Å². The van der Waals surface area contributed by atoms with Crippen molar-refractivity contribution in [3.8, 4) is 11.5 Å². The van der Waals surface area contributed by atoms with Gasteiger partial charge in [-0.2, -0.15) is 0 Å². The summed E-state index contributed by atoms with van der Waals surface area (Å²) >= 11 is 0. The number of aromatic hydroxyl groups is 2. The highest BCUT2D eigenvalue weighted by molar-refractivity contribution is 5.90. The number of benzene rings is 1. The van der Waals surface area contributed by atoms with E-state index in [0.29, 0.717) is 0 Å².